The Balaban J connectivity index is 1.51. The second kappa shape index (κ2) is 11.2. The van der Waals surface area contributed by atoms with E-state index in [9.17, 15) is 19.5 Å². The summed E-state index contributed by atoms with van der Waals surface area (Å²) in [7, 11) is 0. The van der Waals surface area contributed by atoms with Crippen LogP contribution in [0.15, 0.2) is 57.0 Å². The van der Waals surface area contributed by atoms with Crippen LogP contribution in [0, 0.1) is 13.8 Å². The fourth-order valence-corrected chi connectivity index (χ4v) is 5.67. The second-order valence-electron chi connectivity index (χ2n) is 9.73. The first-order valence-electron chi connectivity index (χ1n) is 12.4. The van der Waals surface area contributed by atoms with Crippen molar-refractivity contribution in [2.45, 2.75) is 57.6 Å². The van der Waals surface area contributed by atoms with E-state index in [0.717, 1.165) is 22.4 Å². The number of thioether (sulfide) groups is 1. The van der Waals surface area contributed by atoms with Gasteiger partial charge in [-0.2, -0.15) is 0 Å². The average molecular weight is 521 g/mol. The van der Waals surface area contributed by atoms with Crippen molar-refractivity contribution in [2.75, 3.05) is 11.9 Å². The Morgan fingerprint density at radius 2 is 1.73 bits per heavy atom. The van der Waals surface area contributed by atoms with E-state index < -0.39 is 23.0 Å². The molecule has 4 rings (SSSR count). The molecule has 1 aliphatic heterocycles. The molecular formula is C28H32N4O4S. The van der Waals surface area contributed by atoms with Gasteiger partial charge in [-0.1, -0.05) is 67.6 Å². The van der Waals surface area contributed by atoms with Crippen molar-refractivity contribution in [3.05, 3.63) is 91.1 Å². The van der Waals surface area contributed by atoms with Gasteiger partial charge in [-0.3, -0.25) is 19.6 Å². The number of aromatic nitrogens is 2. The summed E-state index contributed by atoms with van der Waals surface area (Å²) in [6.45, 7) is 8.91. The Labute approximate surface area is 219 Å². The lowest BCUT2D eigenvalue weighted by Gasteiger charge is -2.19. The van der Waals surface area contributed by atoms with Crippen molar-refractivity contribution >= 4 is 28.4 Å². The summed E-state index contributed by atoms with van der Waals surface area (Å²) >= 11 is 1.40. The molecule has 2 atom stereocenters. The summed E-state index contributed by atoms with van der Waals surface area (Å²) in [4.78, 5) is 45.8. The minimum absolute atomic E-state index is 0.0487. The van der Waals surface area contributed by atoms with Crippen molar-refractivity contribution in [2.24, 2.45) is 4.99 Å². The first-order valence-corrected chi connectivity index (χ1v) is 13.2. The van der Waals surface area contributed by atoms with Crippen molar-refractivity contribution in [3.8, 4) is 5.88 Å². The molecule has 194 valence electrons. The Morgan fingerprint density at radius 1 is 1.03 bits per heavy atom. The van der Waals surface area contributed by atoms with Crippen molar-refractivity contribution in [1.82, 2.24) is 9.97 Å². The molecule has 9 heteroatoms. The minimum atomic E-state index is -0.778. The zero-order valence-corrected chi connectivity index (χ0v) is 22.2. The molecule has 0 aliphatic carbocycles. The predicted molar refractivity (Wildman–Crippen MR) is 149 cm³/mol. The standard InChI is InChI=1S/C28H32N4O4S/c1-15(2)18-6-8-19(9-7-18)20(24-26(34)31-28(36)32-27(24)35)14-23-30-25(33)22(37-23)11-12-29-21-10-5-16(3)13-17(21)4/h5-10,13,15,20,22,29H,11-12,14H2,1-4H3,(H3,31,32,34,35,36)/t20?,22-/m0/s1. The lowest BCUT2D eigenvalue weighted by molar-refractivity contribution is -0.117. The molecule has 0 fully saturated rings. The zero-order valence-electron chi connectivity index (χ0n) is 21.4. The number of aryl methyl sites for hydroxylation is 2. The molecule has 1 aliphatic rings. The topological polar surface area (TPSA) is 127 Å². The number of carbonyl (C=O) groups is 1. The summed E-state index contributed by atoms with van der Waals surface area (Å²) in [6, 6.07) is 14.0. The number of amides is 1. The highest BCUT2D eigenvalue weighted by Gasteiger charge is 2.32. The average Bonchev–Trinajstić information content (AvgIpc) is 3.18. The molecule has 3 aromatic rings. The summed E-state index contributed by atoms with van der Waals surface area (Å²) in [5, 5.41) is 14.2. The molecule has 0 saturated heterocycles. The van der Waals surface area contributed by atoms with Crippen molar-refractivity contribution in [1.29, 1.82) is 0 Å². The largest absolute Gasteiger partial charge is 0.494 e. The molecule has 0 radical (unpaired) electrons. The number of aliphatic imine (C=N–C) groups is 1. The lowest BCUT2D eigenvalue weighted by atomic mass is 9.88. The molecule has 2 aromatic carbocycles. The van der Waals surface area contributed by atoms with Gasteiger partial charge in [0.2, 0.25) is 5.88 Å². The highest BCUT2D eigenvalue weighted by Crippen LogP contribution is 2.36. The van der Waals surface area contributed by atoms with Crippen LogP contribution in [0.1, 0.15) is 66.3 Å². The smallest absolute Gasteiger partial charge is 0.328 e. The summed E-state index contributed by atoms with van der Waals surface area (Å²) in [5.74, 6) is -0.928. The van der Waals surface area contributed by atoms with Gasteiger partial charge in [-0.05, 0) is 48.9 Å². The number of aromatic hydroxyl groups is 1. The monoisotopic (exact) mass is 520 g/mol. The van der Waals surface area contributed by atoms with Gasteiger partial charge in [0, 0.05) is 24.6 Å². The van der Waals surface area contributed by atoms with E-state index in [1.807, 2.05) is 43.3 Å². The number of benzene rings is 2. The number of hydrogen-bond donors (Lipinski definition) is 4. The highest BCUT2D eigenvalue weighted by molar-refractivity contribution is 8.15. The van der Waals surface area contributed by atoms with Gasteiger partial charge in [0.05, 0.1) is 15.9 Å². The molecule has 1 aromatic heterocycles. The maximum Gasteiger partial charge on any atom is 0.328 e. The van der Waals surface area contributed by atoms with Crippen LogP contribution in [0.5, 0.6) is 5.88 Å². The van der Waals surface area contributed by atoms with Crippen LogP contribution in [0.3, 0.4) is 0 Å². The molecule has 2 heterocycles. The summed E-state index contributed by atoms with van der Waals surface area (Å²) in [5.41, 5.74) is 3.92. The van der Waals surface area contributed by atoms with E-state index in [-0.39, 0.29) is 23.1 Å². The van der Waals surface area contributed by atoms with E-state index in [0.29, 0.717) is 23.9 Å². The number of anilines is 1. The predicted octanol–water partition coefficient (Wildman–Crippen LogP) is 4.57. The van der Waals surface area contributed by atoms with Gasteiger partial charge in [0.15, 0.2) is 0 Å². The Morgan fingerprint density at radius 3 is 2.38 bits per heavy atom. The van der Waals surface area contributed by atoms with Gasteiger partial charge < -0.3 is 10.4 Å². The molecule has 37 heavy (non-hydrogen) atoms. The first kappa shape index (κ1) is 26.5. The Bertz CT molecular complexity index is 1440. The molecule has 0 saturated carbocycles. The molecule has 0 bridgehead atoms. The van der Waals surface area contributed by atoms with E-state index >= 15 is 0 Å². The van der Waals surface area contributed by atoms with Gasteiger partial charge in [-0.25, -0.2) is 9.79 Å². The first-order chi connectivity index (χ1) is 17.6. The van der Waals surface area contributed by atoms with Crippen LogP contribution in [0.25, 0.3) is 0 Å². The fourth-order valence-electron chi connectivity index (χ4n) is 4.54. The van der Waals surface area contributed by atoms with E-state index in [1.54, 1.807) is 0 Å². The van der Waals surface area contributed by atoms with E-state index in [2.05, 4.69) is 47.1 Å². The number of carbonyl (C=O) groups excluding carboxylic acids is 1. The van der Waals surface area contributed by atoms with Crippen LogP contribution in [0.4, 0.5) is 5.69 Å². The van der Waals surface area contributed by atoms with Crippen molar-refractivity contribution in [3.63, 3.8) is 0 Å². The molecular weight excluding hydrogens is 488 g/mol. The third-order valence-corrected chi connectivity index (χ3v) is 7.84. The second-order valence-corrected chi connectivity index (χ2v) is 11.0. The van der Waals surface area contributed by atoms with Gasteiger partial charge in [-0.15, -0.1) is 0 Å². The maximum atomic E-state index is 12.7. The molecule has 0 spiro atoms. The third kappa shape index (κ3) is 6.22. The SMILES string of the molecule is Cc1ccc(NCC[C@@H]2SC(CC(c3ccc(C(C)C)cc3)c3c(O)[nH]c(=O)[nH]c3=O)=NC2=O)c(C)c1. The number of rotatable bonds is 9. The zero-order chi connectivity index (χ0) is 26.7. The summed E-state index contributed by atoms with van der Waals surface area (Å²) in [6.07, 6.45) is 0.850. The van der Waals surface area contributed by atoms with Crippen LogP contribution in [-0.2, 0) is 4.79 Å². The quantitative estimate of drug-likeness (QED) is 0.327. The molecule has 8 nitrogen and oxygen atoms in total. The molecule has 4 N–H and O–H groups in total. The number of nitrogens with one attached hydrogen (secondary N) is 3. The highest BCUT2D eigenvalue weighted by atomic mass is 32.2. The molecule has 1 unspecified atom stereocenters. The Kier molecular flexibility index (Phi) is 8.02. The lowest BCUT2D eigenvalue weighted by Crippen LogP contribution is -2.27. The van der Waals surface area contributed by atoms with Crippen LogP contribution >= 0.6 is 11.8 Å². The van der Waals surface area contributed by atoms with Gasteiger partial charge in [0.1, 0.15) is 0 Å². The Hall–Kier alpha value is -3.59. The fraction of sp³-hybridized carbons (Fsp3) is 0.357. The van der Waals surface area contributed by atoms with E-state index in [4.69, 9.17) is 0 Å². The van der Waals surface area contributed by atoms with E-state index in [1.165, 1.54) is 17.3 Å². The number of nitrogens with zero attached hydrogens (tertiary/aromatic N) is 1. The number of H-pyrrole nitrogens is 2. The summed E-state index contributed by atoms with van der Waals surface area (Å²) < 4.78 is 0. The maximum absolute atomic E-state index is 12.7. The third-order valence-electron chi connectivity index (χ3n) is 6.58. The van der Waals surface area contributed by atoms with Crippen LogP contribution in [0.2, 0.25) is 0 Å². The number of aromatic amines is 2. The number of hydrogen-bond acceptors (Lipinski definition) is 6. The molecule has 1 amide bonds. The normalized spacial score (nSPS) is 16.2. The van der Waals surface area contributed by atoms with Crippen LogP contribution in [-0.4, -0.2) is 37.8 Å². The van der Waals surface area contributed by atoms with Gasteiger partial charge in [0.25, 0.3) is 11.5 Å². The van der Waals surface area contributed by atoms with Crippen LogP contribution < -0.4 is 16.6 Å². The minimum Gasteiger partial charge on any atom is -0.494 e. The van der Waals surface area contributed by atoms with Crippen molar-refractivity contribution < 1.29 is 9.90 Å². The van der Waals surface area contributed by atoms with Gasteiger partial charge >= 0.3 is 5.69 Å².